The molecule has 2 aromatic rings. The molecule has 0 aliphatic heterocycles. The van der Waals surface area contributed by atoms with Gasteiger partial charge >= 0.3 is 0 Å². The lowest BCUT2D eigenvalue weighted by atomic mass is 9.96. The van der Waals surface area contributed by atoms with Crippen LogP contribution in [0.4, 0.5) is 0 Å². The largest absolute Gasteiger partial charge is 0.283 e. The van der Waals surface area contributed by atoms with Crippen LogP contribution in [0.3, 0.4) is 0 Å². The van der Waals surface area contributed by atoms with Gasteiger partial charge in [0.25, 0.3) is 0 Å². The molecule has 0 aliphatic carbocycles. The third-order valence-corrected chi connectivity index (χ3v) is 3.29. The molecule has 110 valence electrons. The van der Waals surface area contributed by atoms with Gasteiger partial charge in [-0.3, -0.25) is 14.7 Å². The van der Waals surface area contributed by atoms with Crippen molar-refractivity contribution in [1.82, 2.24) is 29.4 Å². The zero-order valence-corrected chi connectivity index (χ0v) is 13.5. The Kier molecular flexibility index (Phi) is 4.10. The van der Waals surface area contributed by atoms with Crippen molar-refractivity contribution >= 4 is 12.2 Å². The first kappa shape index (κ1) is 14.9. The summed E-state index contributed by atoms with van der Waals surface area (Å²) in [7, 11) is 3.97. The molecule has 0 amide bonds. The molecule has 0 aliphatic rings. The SMILES string of the molecule is CN(Cc1cnn(C)c1)Cn1[nH]c(C(C)(C)C)nc1=S. The summed E-state index contributed by atoms with van der Waals surface area (Å²) >= 11 is 5.31. The van der Waals surface area contributed by atoms with Crippen molar-refractivity contribution in [3.8, 4) is 0 Å². The molecule has 0 bridgehead atoms. The lowest BCUT2D eigenvalue weighted by Crippen LogP contribution is -2.23. The number of hydrogen-bond acceptors (Lipinski definition) is 4. The van der Waals surface area contributed by atoms with Gasteiger partial charge in [0, 0.05) is 30.8 Å². The van der Waals surface area contributed by atoms with E-state index in [1.807, 2.05) is 35.9 Å². The Balaban J connectivity index is 2.06. The van der Waals surface area contributed by atoms with E-state index in [4.69, 9.17) is 12.2 Å². The van der Waals surface area contributed by atoms with E-state index in [2.05, 4.69) is 40.9 Å². The third-order valence-electron chi connectivity index (χ3n) is 2.98. The number of nitrogens with zero attached hydrogens (tertiary/aromatic N) is 5. The van der Waals surface area contributed by atoms with Gasteiger partial charge in [0.1, 0.15) is 5.82 Å². The van der Waals surface area contributed by atoms with E-state index in [-0.39, 0.29) is 5.41 Å². The lowest BCUT2D eigenvalue weighted by molar-refractivity contribution is 0.243. The topological polar surface area (TPSA) is 54.7 Å². The molecule has 6 nitrogen and oxygen atoms in total. The number of aromatic nitrogens is 5. The second-order valence-electron chi connectivity index (χ2n) is 6.21. The second-order valence-corrected chi connectivity index (χ2v) is 6.58. The van der Waals surface area contributed by atoms with Crippen molar-refractivity contribution < 1.29 is 0 Å². The Labute approximate surface area is 124 Å². The second kappa shape index (κ2) is 5.49. The van der Waals surface area contributed by atoms with Gasteiger partial charge < -0.3 is 0 Å². The monoisotopic (exact) mass is 294 g/mol. The van der Waals surface area contributed by atoms with Crippen molar-refractivity contribution in [3.63, 3.8) is 0 Å². The predicted octanol–water partition coefficient (Wildman–Crippen LogP) is 2.06. The van der Waals surface area contributed by atoms with Gasteiger partial charge in [-0.25, -0.2) is 9.67 Å². The van der Waals surface area contributed by atoms with Gasteiger partial charge in [-0.2, -0.15) is 5.10 Å². The maximum atomic E-state index is 5.31. The summed E-state index contributed by atoms with van der Waals surface area (Å²) in [5.74, 6) is 0.914. The van der Waals surface area contributed by atoms with Gasteiger partial charge in [0.15, 0.2) is 0 Å². The highest BCUT2D eigenvalue weighted by molar-refractivity contribution is 7.71. The van der Waals surface area contributed by atoms with Crippen molar-refractivity contribution in [2.45, 2.75) is 39.4 Å². The van der Waals surface area contributed by atoms with Gasteiger partial charge in [-0.05, 0) is 19.3 Å². The molecule has 2 heterocycles. The zero-order valence-electron chi connectivity index (χ0n) is 12.7. The summed E-state index contributed by atoms with van der Waals surface area (Å²) in [4.78, 5) is 6.59. The number of H-pyrrole nitrogens is 1. The van der Waals surface area contributed by atoms with Crippen molar-refractivity contribution in [1.29, 1.82) is 0 Å². The van der Waals surface area contributed by atoms with Crippen molar-refractivity contribution in [3.05, 3.63) is 28.6 Å². The van der Waals surface area contributed by atoms with Crippen LogP contribution in [0.15, 0.2) is 12.4 Å². The summed E-state index contributed by atoms with van der Waals surface area (Å²) in [6, 6.07) is 0. The Bertz CT molecular complexity index is 630. The molecule has 1 N–H and O–H groups in total. The van der Waals surface area contributed by atoms with Crippen LogP contribution in [0.5, 0.6) is 0 Å². The Morgan fingerprint density at radius 3 is 2.60 bits per heavy atom. The molecule has 0 spiro atoms. The molecule has 0 unspecified atom stereocenters. The summed E-state index contributed by atoms with van der Waals surface area (Å²) in [6.45, 7) is 7.84. The Morgan fingerprint density at radius 1 is 1.40 bits per heavy atom. The minimum absolute atomic E-state index is 0.0271. The fourth-order valence-corrected chi connectivity index (χ4v) is 2.14. The first-order valence-electron chi connectivity index (χ1n) is 6.59. The van der Waals surface area contributed by atoms with Crippen LogP contribution in [0.2, 0.25) is 0 Å². The molecule has 2 aromatic heterocycles. The van der Waals surface area contributed by atoms with Crippen LogP contribution in [-0.2, 0) is 25.7 Å². The van der Waals surface area contributed by atoms with Gasteiger partial charge in [-0.1, -0.05) is 20.8 Å². The Morgan fingerprint density at radius 2 is 2.10 bits per heavy atom. The highest BCUT2D eigenvalue weighted by Gasteiger charge is 2.18. The van der Waals surface area contributed by atoms with E-state index in [0.29, 0.717) is 11.4 Å². The van der Waals surface area contributed by atoms with Gasteiger partial charge in [-0.15, -0.1) is 0 Å². The fraction of sp³-hybridized carbons (Fsp3) is 0.615. The molecule has 0 radical (unpaired) electrons. The standard InChI is InChI=1S/C13H22N6S/c1-13(2,3)11-15-12(20)19(16-11)9-17(4)7-10-6-14-18(5)8-10/h6,8H,7,9H2,1-5H3,(H,15,16,20). The predicted molar refractivity (Wildman–Crippen MR) is 80.8 cm³/mol. The normalized spacial score (nSPS) is 12.3. The van der Waals surface area contributed by atoms with E-state index < -0.39 is 0 Å². The van der Waals surface area contributed by atoms with Crippen molar-refractivity contribution in [2.24, 2.45) is 7.05 Å². The summed E-state index contributed by atoms with van der Waals surface area (Å²) in [5.41, 5.74) is 1.15. The quantitative estimate of drug-likeness (QED) is 0.877. The maximum Gasteiger partial charge on any atom is 0.217 e. The molecule has 0 saturated heterocycles. The van der Waals surface area contributed by atoms with Gasteiger partial charge in [0.05, 0.1) is 12.9 Å². The molecule has 20 heavy (non-hydrogen) atoms. The highest BCUT2D eigenvalue weighted by atomic mass is 32.1. The van der Waals surface area contributed by atoms with E-state index >= 15 is 0 Å². The lowest BCUT2D eigenvalue weighted by Gasteiger charge is -2.17. The fourth-order valence-electron chi connectivity index (χ4n) is 1.94. The number of nitrogens with one attached hydrogen (secondary N) is 1. The molecule has 0 atom stereocenters. The molecular weight excluding hydrogens is 272 g/mol. The molecule has 0 aromatic carbocycles. The number of aromatic amines is 1. The average Bonchev–Trinajstić information content (AvgIpc) is 2.86. The summed E-state index contributed by atoms with van der Waals surface area (Å²) in [5, 5.41) is 7.46. The zero-order chi connectivity index (χ0) is 14.9. The van der Waals surface area contributed by atoms with E-state index in [1.165, 1.54) is 5.56 Å². The van der Waals surface area contributed by atoms with Crippen LogP contribution < -0.4 is 0 Å². The minimum atomic E-state index is -0.0271. The molecule has 0 saturated carbocycles. The van der Waals surface area contributed by atoms with E-state index in [9.17, 15) is 0 Å². The molecule has 2 rings (SSSR count). The van der Waals surface area contributed by atoms with Crippen LogP contribution >= 0.6 is 12.2 Å². The highest BCUT2D eigenvalue weighted by Crippen LogP contribution is 2.17. The summed E-state index contributed by atoms with van der Waals surface area (Å²) < 4.78 is 4.29. The maximum absolute atomic E-state index is 5.31. The van der Waals surface area contributed by atoms with Crippen LogP contribution in [0.1, 0.15) is 32.2 Å². The smallest absolute Gasteiger partial charge is 0.217 e. The van der Waals surface area contributed by atoms with Gasteiger partial charge in [0.2, 0.25) is 4.77 Å². The van der Waals surface area contributed by atoms with E-state index in [0.717, 1.165) is 12.4 Å². The van der Waals surface area contributed by atoms with Crippen LogP contribution in [-0.4, -0.2) is 36.5 Å². The van der Waals surface area contributed by atoms with Crippen LogP contribution in [0.25, 0.3) is 0 Å². The first-order chi connectivity index (χ1) is 9.25. The number of aryl methyl sites for hydroxylation is 1. The summed E-state index contributed by atoms with van der Waals surface area (Å²) in [6.07, 6.45) is 3.90. The van der Waals surface area contributed by atoms with Crippen molar-refractivity contribution in [2.75, 3.05) is 7.05 Å². The number of rotatable bonds is 4. The minimum Gasteiger partial charge on any atom is -0.283 e. The average molecular weight is 294 g/mol. The van der Waals surface area contributed by atoms with Crippen LogP contribution in [0, 0.1) is 4.77 Å². The third kappa shape index (κ3) is 3.55. The molecule has 0 fully saturated rings. The molecular formula is C13H22N6S. The number of hydrogen-bond donors (Lipinski definition) is 1. The van der Waals surface area contributed by atoms with E-state index in [1.54, 1.807) is 0 Å². The molecule has 7 heteroatoms. The first-order valence-corrected chi connectivity index (χ1v) is 7.00. The Hall–Kier alpha value is -1.47.